The number of nitrogens with zero attached hydrogens (tertiary/aromatic N) is 1. The van der Waals surface area contributed by atoms with Crippen LogP contribution in [0, 0.1) is 0 Å². The normalized spacial score (nSPS) is 12.1. The number of hydrogen-bond donors (Lipinski definition) is 0. The van der Waals surface area contributed by atoms with Gasteiger partial charge in [-0.25, -0.2) is 0 Å². The molecule has 0 unspecified atom stereocenters. The summed E-state index contributed by atoms with van der Waals surface area (Å²) in [7, 11) is 4.02. The van der Waals surface area contributed by atoms with Crippen LogP contribution in [-0.2, 0) is 4.79 Å². The van der Waals surface area contributed by atoms with Gasteiger partial charge in [-0.1, -0.05) is 27.2 Å². The number of likely N-dealkylation sites (N-methyl/N-ethyl adjacent to an activating group) is 1. The molecule has 0 fully saturated rings. The van der Waals surface area contributed by atoms with Crippen LogP contribution in [0.5, 0.6) is 0 Å². The van der Waals surface area contributed by atoms with Gasteiger partial charge in [-0.05, 0) is 33.4 Å². The Morgan fingerprint density at radius 3 is 1.93 bits per heavy atom. The Balaban J connectivity index is 4.54. The van der Waals surface area contributed by atoms with Gasteiger partial charge in [0.1, 0.15) is 0 Å². The van der Waals surface area contributed by atoms with Crippen LogP contribution in [0.2, 0.25) is 0 Å². The van der Waals surface area contributed by atoms with Gasteiger partial charge in [-0.15, -0.1) is 0 Å². The van der Waals surface area contributed by atoms with Crippen molar-refractivity contribution in [1.29, 1.82) is 0 Å². The highest BCUT2D eigenvalue weighted by Crippen LogP contribution is 2.24. The van der Waals surface area contributed by atoms with Crippen molar-refractivity contribution in [1.82, 2.24) is 4.90 Å². The standard InChI is InChI=1S/C12H25NO/c1-6-9-10-11(14)12(7-2,8-3)13(4)5/h6-10H2,1-5H3. The quantitative estimate of drug-likeness (QED) is 0.628. The van der Waals surface area contributed by atoms with E-state index in [9.17, 15) is 4.79 Å². The van der Waals surface area contributed by atoms with Crippen molar-refractivity contribution >= 4 is 5.78 Å². The minimum atomic E-state index is -0.213. The van der Waals surface area contributed by atoms with Crippen LogP contribution >= 0.6 is 0 Å². The molecule has 0 aromatic rings. The van der Waals surface area contributed by atoms with Crippen LogP contribution < -0.4 is 0 Å². The maximum atomic E-state index is 12.1. The lowest BCUT2D eigenvalue weighted by molar-refractivity contribution is -0.130. The Morgan fingerprint density at radius 2 is 1.64 bits per heavy atom. The molecule has 0 aliphatic carbocycles. The Kier molecular flexibility index (Phi) is 6.01. The van der Waals surface area contributed by atoms with E-state index in [2.05, 4.69) is 25.7 Å². The molecule has 0 N–H and O–H groups in total. The fraction of sp³-hybridized carbons (Fsp3) is 0.917. The number of carbonyl (C=O) groups excluding carboxylic acids is 1. The molecular weight excluding hydrogens is 174 g/mol. The molecule has 0 aliphatic rings. The van der Waals surface area contributed by atoms with Crippen molar-refractivity contribution in [3.8, 4) is 0 Å². The molecule has 2 heteroatoms. The Morgan fingerprint density at radius 1 is 1.14 bits per heavy atom. The lowest BCUT2D eigenvalue weighted by Gasteiger charge is -2.37. The molecule has 0 heterocycles. The maximum absolute atomic E-state index is 12.1. The summed E-state index contributed by atoms with van der Waals surface area (Å²) >= 11 is 0. The van der Waals surface area contributed by atoms with Gasteiger partial charge in [-0.2, -0.15) is 0 Å². The van der Waals surface area contributed by atoms with Crippen molar-refractivity contribution in [2.24, 2.45) is 0 Å². The molecule has 0 saturated carbocycles. The highest BCUT2D eigenvalue weighted by molar-refractivity contribution is 5.88. The monoisotopic (exact) mass is 199 g/mol. The Hall–Kier alpha value is -0.370. The second-order valence-electron chi connectivity index (χ2n) is 4.16. The van der Waals surface area contributed by atoms with E-state index >= 15 is 0 Å². The highest BCUT2D eigenvalue weighted by atomic mass is 16.1. The van der Waals surface area contributed by atoms with E-state index in [1.165, 1.54) is 0 Å². The van der Waals surface area contributed by atoms with Gasteiger partial charge in [-0.3, -0.25) is 9.69 Å². The Bertz CT molecular complexity index is 171. The summed E-state index contributed by atoms with van der Waals surface area (Å²) in [4.78, 5) is 14.2. The van der Waals surface area contributed by atoms with E-state index in [1.54, 1.807) is 0 Å². The first kappa shape index (κ1) is 13.6. The maximum Gasteiger partial charge on any atom is 0.153 e. The molecule has 0 saturated heterocycles. The summed E-state index contributed by atoms with van der Waals surface area (Å²) in [6, 6.07) is 0. The highest BCUT2D eigenvalue weighted by Gasteiger charge is 2.35. The van der Waals surface area contributed by atoms with Crippen molar-refractivity contribution in [2.45, 2.75) is 58.4 Å². The molecule has 0 aromatic heterocycles. The first-order valence-corrected chi connectivity index (χ1v) is 5.75. The van der Waals surface area contributed by atoms with E-state index in [0.717, 1.165) is 32.1 Å². The van der Waals surface area contributed by atoms with Gasteiger partial charge < -0.3 is 0 Å². The number of ketones is 1. The third-order valence-electron chi connectivity index (χ3n) is 3.30. The lowest BCUT2D eigenvalue weighted by atomic mass is 9.84. The number of unbranched alkanes of at least 4 members (excludes halogenated alkanes) is 1. The lowest BCUT2D eigenvalue weighted by Crippen LogP contribution is -2.50. The number of hydrogen-bond acceptors (Lipinski definition) is 2. The van der Waals surface area contributed by atoms with Crippen molar-refractivity contribution in [2.75, 3.05) is 14.1 Å². The zero-order chi connectivity index (χ0) is 11.2. The first-order valence-electron chi connectivity index (χ1n) is 5.75. The van der Waals surface area contributed by atoms with E-state index < -0.39 is 0 Å². The number of carbonyl (C=O) groups is 1. The summed E-state index contributed by atoms with van der Waals surface area (Å²) in [5.74, 6) is 0.411. The van der Waals surface area contributed by atoms with E-state index in [0.29, 0.717) is 5.78 Å². The van der Waals surface area contributed by atoms with Gasteiger partial charge in [0.25, 0.3) is 0 Å². The van der Waals surface area contributed by atoms with Crippen LogP contribution in [0.3, 0.4) is 0 Å². The molecule has 0 radical (unpaired) electrons. The minimum absolute atomic E-state index is 0.213. The Labute approximate surface area is 88.7 Å². The molecule has 0 amide bonds. The van der Waals surface area contributed by atoms with Gasteiger partial charge in [0.15, 0.2) is 5.78 Å². The molecule has 0 atom stereocenters. The largest absolute Gasteiger partial charge is 0.298 e. The van der Waals surface area contributed by atoms with Crippen LogP contribution in [0.4, 0.5) is 0 Å². The average molecular weight is 199 g/mol. The van der Waals surface area contributed by atoms with Crippen LogP contribution in [0.1, 0.15) is 52.9 Å². The predicted octanol–water partition coefficient (Wildman–Crippen LogP) is 2.87. The third-order valence-corrected chi connectivity index (χ3v) is 3.30. The average Bonchev–Trinajstić information content (AvgIpc) is 2.17. The van der Waals surface area contributed by atoms with Crippen LogP contribution in [-0.4, -0.2) is 30.3 Å². The molecule has 0 bridgehead atoms. The molecule has 14 heavy (non-hydrogen) atoms. The van der Waals surface area contributed by atoms with Crippen LogP contribution in [0.25, 0.3) is 0 Å². The van der Waals surface area contributed by atoms with Crippen LogP contribution in [0.15, 0.2) is 0 Å². The second kappa shape index (κ2) is 6.18. The summed E-state index contributed by atoms with van der Waals surface area (Å²) in [5, 5.41) is 0. The second-order valence-corrected chi connectivity index (χ2v) is 4.16. The van der Waals surface area contributed by atoms with Gasteiger partial charge in [0.05, 0.1) is 5.54 Å². The topological polar surface area (TPSA) is 20.3 Å². The molecule has 0 spiro atoms. The zero-order valence-corrected chi connectivity index (χ0v) is 10.4. The number of Topliss-reactive ketones (excluding diaryl/α,β-unsaturated/α-hetero) is 1. The van der Waals surface area contributed by atoms with E-state index in [1.807, 2.05) is 14.1 Å². The van der Waals surface area contributed by atoms with Crippen molar-refractivity contribution in [3.63, 3.8) is 0 Å². The first-order chi connectivity index (χ1) is 6.55. The molecule has 0 aliphatic heterocycles. The van der Waals surface area contributed by atoms with Crippen molar-refractivity contribution < 1.29 is 4.79 Å². The fourth-order valence-corrected chi connectivity index (χ4v) is 2.10. The van der Waals surface area contributed by atoms with E-state index in [-0.39, 0.29) is 5.54 Å². The molecule has 2 nitrogen and oxygen atoms in total. The molecule has 0 rings (SSSR count). The summed E-state index contributed by atoms with van der Waals surface area (Å²) < 4.78 is 0. The van der Waals surface area contributed by atoms with Crippen molar-refractivity contribution in [3.05, 3.63) is 0 Å². The fourth-order valence-electron chi connectivity index (χ4n) is 2.10. The van der Waals surface area contributed by atoms with Gasteiger partial charge in [0, 0.05) is 6.42 Å². The summed E-state index contributed by atoms with van der Waals surface area (Å²) in [6.07, 6.45) is 4.69. The number of rotatable bonds is 7. The smallest absolute Gasteiger partial charge is 0.153 e. The summed E-state index contributed by atoms with van der Waals surface area (Å²) in [5.41, 5.74) is -0.213. The minimum Gasteiger partial charge on any atom is -0.298 e. The predicted molar refractivity (Wildman–Crippen MR) is 61.5 cm³/mol. The van der Waals surface area contributed by atoms with Gasteiger partial charge in [0.2, 0.25) is 0 Å². The SMILES string of the molecule is CCCCC(=O)C(CC)(CC)N(C)C. The zero-order valence-electron chi connectivity index (χ0n) is 10.4. The van der Waals surface area contributed by atoms with E-state index in [4.69, 9.17) is 0 Å². The summed E-state index contributed by atoms with van der Waals surface area (Å²) in [6.45, 7) is 6.34. The third kappa shape index (κ3) is 2.81. The molecular formula is C12H25NO. The van der Waals surface area contributed by atoms with Gasteiger partial charge >= 0.3 is 0 Å². The molecule has 84 valence electrons. The molecule has 0 aromatic carbocycles.